The van der Waals surface area contributed by atoms with Crippen LogP contribution in [0.1, 0.15) is 37.1 Å². The number of hydrogen-bond acceptors (Lipinski definition) is 4. The molecule has 2 unspecified atom stereocenters. The van der Waals surface area contributed by atoms with Crippen molar-refractivity contribution >= 4 is 27.5 Å². The number of hydrogen-bond donors (Lipinski definition) is 0. The van der Waals surface area contributed by atoms with Crippen molar-refractivity contribution in [2.45, 2.75) is 38.7 Å². The minimum Gasteiger partial charge on any atom is -0.364 e. The monoisotopic (exact) mass is 344 g/mol. The molecule has 1 aliphatic carbocycles. The van der Waals surface area contributed by atoms with Gasteiger partial charge in [0.05, 0.1) is 16.8 Å². The van der Waals surface area contributed by atoms with Crippen LogP contribution in [0.3, 0.4) is 0 Å². The number of carbonyl (C=O) groups excluding carboxylic acids is 1. The molecule has 0 N–H and O–H groups in total. The average Bonchev–Trinajstić information content (AvgIpc) is 3.04. The van der Waals surface area contributed by atoms with Crippen molar-refractivity contribution < 1.29 is 9.53 Å². The van der Waals surface area contributed by atoms with Gasteiger partial charge >= 0.3 is 0 Å². The summed E-state index contributed by atoms with van der Waals surface area (Å²) in [4.78, 5) is 19.0. The Morgan fingerprint density at radius 2 is 2.04 bits per heavy atom. The number of rotatable bonds is 4. The molecular formula is C19H24N2O2S. The fraction of sp³-hybridized carbons (Fsp3) is 0.579. The summed E-state index contributed by atoms with van der Waals surface area (Å²) in [6.07, 6.45) is 6.54. The molecule has 4 rings (SSSR count). The van der Waals surface area contributed by atoms with E-state index in [9.17, 15) is 4.79 Å². The lowest BCUT2D eigenvalue weighted by Crippen LogP contribution is -2.46. The summed E-state index contributed by atoms with van der Waals surface area (Å²) >= 11 is 1.64. The van der Waals surface area contributed by atoms with Gasteiger partial charge in [-0.3, -0.25) is 4.79 Å². The van der Waals surface area contributed by atoms with Crippen molar-refractivity contribution in [2.75, 3.05) is 19.7 Å². The summed E-state index contributed by atoms with van der Waals surface area (Å²) in [7, 11) is 0. The number of benzene rings is 1. The summed E-state index contributed by atoms with van der Waals surface area (Å²) < 4.78 is 6.83. The SMILES string of the molecule is O=C(COCc1nc2ccccc2s1)N1CCC2CCCCC2C1. The topological polar surface area (TPSA) is 42.4 Å². The minimum absolute atomic E-state index is 0.139. The van der Waals surface area contributed by atoms with E-state index in [-0.39, 0.29) is 12.5 Å². The quantitative estimate of drug-likeness (QED) is 0.846. The van der Waals surface area contributed by atoms with Crippen LogP contribution in [0.4, 0.5) is 0 Å². The number of ether oxygens (including phenoxy) is 1. The first-order chi connectivity index (χ1) is 11.8. The maximum Gasteiger partial charge on any atom is 0.248 e. The lowest BCUT2D eigenvalue weighted by atomic mass is 9.75. The molecule has 1 aromatic carbocycles. The van der Waals surface area contributed by atoms with Crippen LogP contribution in [-0.4, -0.2) is 35.5 Å². The predicted molar refractivity (Wildman–Crippen MR) is 95.9 cm³/mol. The minimum atomic E-state index is 0.139. The zero-order valence-electron chi connectivity index (χ0n) is 13.9. The number of likely N-dealkylation sites (tertiary alicyclic amines) is 1. The molecule has 24 heavy (non-hydrogen) atoms. The van der Waals surface area contributed by atoms with Gasteiger partial charge in [-0.1, -0.05) is 31.4 Å². The first kappa shape index (κ1) is 16.0. The van der Waals surface area contributed by atoms with Gasteiger partial charge in [-0.15, -0.1) is 11.3 Å². The second-order valence-corrected chi connectivity index (χ2v) is 8.12. The van der Waals surface area contributed by atoms with Gasteiger partial charge in [0.15, 0.2) is 0 Å². The van der Waals surface area contributed by atoms with E-state index < -0.39 is 0 Å². The first-order valence-electron chi connectivity index (χ1n) is 8.99. The number of amides is 1. The van der Waals surface area contributed by atoms with Gasteiger partial charge in [0.1, 0.15) is 11.6 Å². The Kier molecular flexibility index (Phi) is 4.81. The average molecular weight is 344 g/mol. The molecule has 4 nitrogen and oxygen atoms in total. The molecular weight excluding hydrogens is 320 g/mol. The first-order valence-corrected chi connectivity index (χ1v) is 9.81. The molecule has 2 fully saturated rings. The molecule has 2 atom stereocenters. The van der Waals surface area contributed by atoms with Crippen LogP contribution in [0.2, 0.25) is 0 Å². The second kappa shape index (κ2) is 7.19. The van der Waals surface area contributed by atoms with Crippen LogP contribution in [0.5, 0.6) is 0 Å². The molecule has 1 saturated carbocycles. The fourth-order valence-electron chi connectivity index (χ4n) is 4.13. The van der Waals surface area contributed by atoms with Crippen molar-refractivity contribution in [2.24, 2.45) is 11.8 Å². The third kappa shape index (κ3) is 3.47. The summed E-state index contributed by atoms with van der Waals surface area (Å²) in [5.74, 6) is 1.72. The number of aromatic nitrogens is 1. The van der Waals surface area contributed by atoms with Crippen LogP contribution < -0.4 is 0 Å². The molecule has 1 amide bonds. The predicted octanol–water partition coefficient (Wildman–Crippen LogP) is 3.85. The number of nitrogens with zero attached hydrogens (tertiary/aromatic N) is 2. The van der Waals surface area contributed by atoms with Crippen molar-refractivity contribution in [1.29, 1.82) is 0 Å². The van der Waals surface area contributed by atoms with Crippen molar-refractivity contribution in [3.05, 3.63) is 29.3 Å². The molecule has 2 heterocycles. The number of piperidine rings is 1. The summed E-state index contributed by atoms with van der Waals surface area (Å²) in [5.41, 5.74) is 1.01. The van der Waals surface area contributed by atoms with Gasteiger partial charge in [0.2, 0.25) is 5.91 Å². The van der Waals surface area contributed by atoms with Crippen LogP contribution in [0, 0.1) is 11.8 Å². The highest BCUT2D eigenvalue weighted by Crippen LogP contribution is 2.36. The van der Waals surface area contributed by atoms with Crippen LogP contribution in [0.15, 0.2) is 24.3 Å². The Bertz CT molecular complexity index is 681. The third-order valence-electron chi connectivity index (χ3n) is 5.43. The highest BCUT2D eigenvalue weighted by molar-refractivity contribution is 7.18. The van der Waals surface area contributed by atoms with Crippen molar-refractivity contribution in [3.8, 4) is 0 Å². The normalized spacial score (nSPS) is 24.1. The van der Waals surface area contributed by atoms with E-state index in [2.05, 4.69) is 11.1 Å². The van der Waals surface area contributed by atoms with E-state index in [0.717, 1.165) is 35.4 Å². The molecule has 0 spiro atoms. The van der Waals surface area contributed by atoms with E-state index in [4.69, 9.17) is 4.74 Å². The van der Waals surface area contributed by atoms with Crippen LogP contribution >= 0.6 is 11.3 Å². The second-order valence-electron chi connectivity index (χ2n) is 7.00. The fourth-order valence-corrected chi connectivity index (χ4v) is 5.03. The molecule has 2 aromatic rings. The Balaban J connectivity index is 1.27. The highest BCUT2D eigenvalue weighted by Gasteiger charge is 2.32. The van der Waals surface area contributed by atoms with Crippen molar-refractivity contribution in [1.82, 2.24) is 9.88 Å². The Morgan fingerprint density at radius 3 is 2.92 bits per heavy atom. The molecule has 0 radical (unpaired) electrons. The Morgan fingerprint density at radius 1 is 1.21 bits per heavy atom. The summed E-state index contributed by atoms with van der Waals surface area (Å²) in [5, 5.41) is 0.940. The van der Waals surface area contributed by atoms with Crippen LogP contribution in [0.25, 0.3) is 10.2 Å². The number of carbonyl (C=O) groups is 1. The summed E-state index contributed by atoms with van der Waals surface area (Å²) in [6.45, 7) is 2.44. The standard InChI is InChI=1S/C19H24N2O2S/c22-19(21-10-9-14-5-1-2-6-15(14)11-21)13-23-12-18-20-16-7-3-4-8-17(16)24-18/h3-4,7-8,14-15H,1-2,5-6,9-13H2. The largest absolute Gasteiger partial charge is 0.364 e. The highest BCUT2D eigenvalue weighted by atomic mass is 32.1. The maximum absolute atomic E-state index is 12.4. The third-order valence-corrected chi connectivity index (χ3v) is 6.44. The van der Waals surface area contributed by atoms with Gasteiger partial charge in [0.25, 0.3) is 0 Å². The van der Waals surface area contributed by atoms with E-state index in [1.54, 1.807) is 11.3 Å². The van der Waals surface area contributed by atoms with E-state index in [1.807, 2.05) is 23.1 Å². The van der Waals surface area contributed by atoms with Gasteiger partial charge < -0.3 is 9.64 Å². The van der Waals surface area contributed by atoms with Crippen LogP contribution in [-0.2, 0) is 16.1 Å². The van der Waals surface area contributed by atoms with Crippen molar-refractivity contribution in [3.63, 3.8) is 0 Å². The Hall–Kier alpha value is -1.46. The lowest BCUT2D eigenvalue weighted by Gasteiger charge is -2.41. The van der Waals surface area contributed by atoms with Gasteiger partial charge in [0, 0.05) is 13.1 Å². The maximum atomic E-state index is 12.4. The number of fused-ring (bicyclic) bond motifs is 2. The Labute approximate surface area is 146 Å². The van der Waals surface area contributed by atoms with E-state index in [1.165, 1.54) is 36.8 Å². The molecule has 0 bridgehead atoms. The number of thiazole rings is 1. The zero-order chi connectivity index (χ0) is 16.4. The molecule has 5 heteroatoms. The lowest BCUT2D eigenvalue weighted by molar-refractivity contribution is -0.139. The van der Waals surface area contributed by atoms with Gasteiger partial charge in [-0.25, -0.2) is 4.98 Å². The number of para-hydroxylation sites is 1. The van der Waals surface area contributed by atoms with Gasteiger partial charge in [-0.05, 0) is 36.8 Å². The molecule has 1 aromatic heterocycles. The van der Waals surface area contributed by atoms with Gasteiger partial charge in [-0.2, -0.15) is 0 Å². The van der Waals surface area contributed by atoms with E-state index >= 15 is 0 Å². The smallest absolute Gasteiger partial charge is 0.248 e. The molecule has 128 valence electrons. The molecule has 1 saturated heterocycles. The molecule has 2 aliphatic rings. The molecule has 1 aliphatic heterocycles. The summed E-state index contributed by atoms with van der Waals surface area (Å²) in [6, 6.07) is 8.08. The van der Waals surface area contributed by atoms with E-state index in [0.29, 0.717) is 6.61 Å². The zero-order valence-corrected chi connectivity index (χ0v) is 14.8.